The van der Waals surface area contributed by atoms with Crippen LogP contribution in [0.25, 0.3) is 0 Å². The van der Waals surface area contributed by atoms with E-state index < -0.39 is 0 Å². The second-order valence-electron chi connectivity index (χ2n) is 6.84. The molecule has 0 aliphatic carbocycles. The Labute approximate surface area is 141 Å². The first kappa shape index (κ1) is 15.4. The lowest BCUT2D eigenvalue weighted by atomic mass is 10.1. The molecule has 0 bridgehead atoms. The van der Waals surface area contributed by atoms with E-state index in [2.05, 4.69) is 19.8 Å². The van der Waals surface area contributed by atoms with Gasteiger partial charge in [-0.05, 0) is 38.1 Å². The number of amides is 1. The lowest BCUT2D eigenvalue weighted by Gasteiger charge is -2.37. The molecule has 7 nitrogen and oxygen atoms in total. The Morgan fingerprint density at radius 3 is 2.83 bits per heavy atom. The van der Waals surface area contributed by atoms with Crippen LogP contribution in [0, 0.1) is 0 Å². The zero-order valence-corrected chi connectivity index (χ0v) is 14.1. The molecule has 1 saturated heterocycles. The van der Waals surface area contributed by atoms with Crippen LogP contribution in [0.15, 0.2) is 24.5 Å². The lowest BCUT2D eigenvalue weighted by Crippen LogP contribution is -2.46. The van der Waals surface area contributed by atoms with E-state index >= 15 is 0 Å². The second-order valence-corrected chi connectivity index (χ2v) is 6.84. The third-order valence-electron chi connectivity index (χ3n) is 5.02. The maximum absolute atomic E-state index is 12.8. The van der Waals surface area contributed by atoms with Crippen LogP contribution in [0.2, 0.25) is 0 Å². The highest BCUT2D eigenvalue weighted by molar-refractivity contribution is 5.92. The monoisotopic (exact) mass is 328 g/mol. The molecule has 4 heterocycles. The molecule has 0 saturated carbocycles. The number of aryl methyl sites for hydroxylation is 1. The van der Waals surface area contributed by atoms with Crippen molar-refractivity contribution in [2.45, 2.75) is 31.8 Å². The van der Waals surface area contributed by atoms with Gasteiger partial charge in [-0.25, -0.2) is 0 Å². The van der Waals surface area contributed by atoms with Crippen molar-refractivity contribution in [3.63, 3.8) is 0 Å². The minimum absolute atomic E-state index is 0.00620. The first-order chi connectivity index (χ1) is 11.7. The van der Waals surface area contributed by atoms with Crippen molar-refractivity contribution in [1.29, 1.82) is 0 Å². The van der Waals surface area contributed by atoms with Gasteiger partial charge < -0.3 is 9.80 Å². The molecule has 128 valence electrons. The van der Waals surface area contributed by atoms with Crippen LogP contribution in [-0.2, 0) is 13.6 Å². The molecule has 0 radical (unpaired) electrons. The molecule has 2 aromatic heterocycles. The molecule has 1 atom stereocenters. The van der Waals surface area contributed by atoms with Gasteiger partial charge in [0, 0.05) is 32.5 Å². The largest absolute Gasteiger partial charge is 0.329 e. The number of nitrogens with zero attached hydrogens (tertiary/aromatic N) is 6. The van der Waals surface area contributed by atoms with Gasteiger partial charge in [0.15, 0.2) is 0 Å². The lowest BCUT2D eigenvalue weighted by molar-refractivity contribution is 0.0624. The van der Waals surface area contributed by atoms with Crippen molar-refractivity contribution < 1.29 is 4.79 Å². The molecule has 0 N–H and O–H groups in total. The van der Waals surface area contributed by atoms with Gasteiger partial charge in [0.25, 0.3) is 5.91 Å². The summed E-state index contributed by atoms with van der Waals surface area (Å²) >= 11 is 0. The minimum atomic E-state index is 0.00620. The summed E-state index contributed by atoms with van der Waals surface area (Å²) in [6.07, 6.45) is 7.53. The highest BCUT2D eigenvalue weighted by atomic mass is 16.2. The van der Waals surface area contributed by atoms with Crippen LogP contribution in [0.4, 0.5) is 0 Å². The highest BCUT2D eigenvalue weighted by Crippen LogP contribution is 2.23. The van der Waals surface area contributed by atoms with Crippen molar-refractivity contribution in [3.8, 4) is 0 Å². The average molecular weight is 328 g/mol. The van der Waals surface area contributed by atoms with E-state index in [-0.39, 0.29) is 11.9 Å². The van der Waals surface area contributed by atoms with Crippen molar-refractivity contribution in [2.75, 3.05) is 26.2 Å². The predicted octanol–water partition coefficient (Wildman–Crippen LogP) is 1.30. The number of hydrogen-bond donors (Lipinski definition) is 0. The van der Waals surface area contributed by atoms with E-state index in [1.165, 1.54) is 19.3 Å². The summed E-state index contributed by atoms with van der Waals surface area (Å²) in [5, 5.41) is 8.77. The normalized spacial score (nSPS) is 21.7. The number of carbonyl (C=O) groups is 1. The summed E-state index contributed by atoms with van der Waals surface area (Å²) in [6.45, 7) is 4.57. The molecular weight excluding hydrogens is 304 g/mol. The molecule has 1 fully saturated rings. The number of piperidine rings is 1. The Bertz CT molecular complexity index is 714. The van der Waals surface area contributed by atoms with Crippen LogP contribution in [-0.4, -0.2) is 61.4 Å². The summed E-state index contributed by atoms with van der Waals surface area (Å²) in [5.74, 6) is 0.00620. The first-order valence-corrected chi connectivity index (χ1v) is 8.74. The Hall–Kier alpha value is -2.15. The Morgan fingerprint density at radius 1 is 1.25 bits per heavy atom. The third kappa shape index (κ3) is 2.96. The summed E-state index contributed by atoms with van der Waals surface area (Å²) in [6, 6.07) is 4.02. The van der Waals surface area contributed by atoms with E-state index in [0.717, 1.165) is 25.3 Å². The van der Waals surface area contributed by atoms with Gasteiger partial charge in [-0.2, -0.15) is 10.2 Å². The number of hydrogen-bond acceptors (Lipinski definition) is 4. The zero-order valence-electron chi connectivity index (χ0n) is 14.1. The van der Waals surface area contributed by atoms with E-state index in [1.807, 2.05) is 30.4 Å². The first-order valence-electron chi connectivity index (χ1n) is 8.74. The SMILES string of the molecule is Cn1ccc(C(=O)N2Cc3ccnn3[C@@H](CN3CCCCC3)C2)n1. The van der Waals surface area contributed by atoms with Gasteiger partial charge in [0.1, 0.15) is 5.69 Å². The van der Waals surface area contributed by atoms with Crippen LogP contribution in [0.5, 0.6) is 0 Å². The standard InChI is InChI=1S/C17H24N6O/c1-20-10-6-16(19-20)17(24)22-12-14-5-7-18-23(14)15(13-22)11-21-8-3-2-4-9-21/h5-7,10,15H,2-4,8-9,11-13H2,1H3/t15-/m0/s1. The summed E-state index contributed by atoms with van der Waals surface area (Å²) < 4.78 is 3.78. The number of fused-ring (bicyclic) bond motifs is 1. The molecule has 2 aliphatic heterocycles. The number of rotatable bonds is 3. The molecule has 0 aromatic carbocycles. The molecule has 24 heavy (non-hydrogen) atoms. The molecule has 0 unspecified atom stereocenters. The molecule has 2 aliphatic rings. The van der Waals surface area contributed by atoms with E-state index in [9.17, 15) is 4.79 Å². The minimum Gasteiger partial charge on any atom is -0.329 e. The Kier molecular flexibility index (Phi) is 4.10. The van der Waals surface area contributed by atoms with Gasteiger partial charge in [0.2, 0.25) is 0 Å². The average Bonchev–Trinajstić information content (AvgIpc) is 3.24. The van der Waals surface area contributed by atoms with Crippen LogP contribution < -0.4 is 0 Å². The van der Waals surface area contributed by atoms with Crippen LogP contribution in [0.1, 0.15) is 41.5 Å². The Balaban J connectivity index is 1.53. The van der Waals surface area contributed by atoms with Gasteiger partial charge in [-0.15, -0.1) is 0 Å². The molecule has 4 rings (SSSR count). The molecule has 7 heteroatoms. The summed E-state index contributed by atoms with van der Waals surface area (Å²) in [4.78, 5) is 17.2. The summed E-state index contributed by atoms with van der Waals surface area (Å²) in [7, 11) is 1.83. The maximum Gasteiger partial charge on any atom is 0.274 e. The van der Waals surface area contributed by atoms with Gasteiger partial charge in [-0.1, -0.05) is 6.42 Å². The zero-order chi connectivity index (χ0) is 16.5. The van der Waals surface area contributed by atoms with E-state index in [1.54, 1.807) is 10.7 Å². The third-order valence-corrected chi connectivity index (χ3v) is 5.02. The molecule has 0 spiro atoms. The quantitative estimate of drug-likeness (QED) is 0.852. The van der Waals surface area contributed by atoms with Crippen molar-refractivity contribution in [2.24, 2.45) is 7.05 Å². The number of carbonyl (C=O) groups excluding carboxylic acids is 1. The molecule has 2 aromatic rings. The smallest absolute Gasteiger partial charge is 0.274 e. The fourth-order valence-corrected chi connectivity index (χ4v) is 3.81. The molecule has 1 amide bonds. The van der Waals surface area contributed by atoms with Crippen molar-refractivity contribution in [1.82, 2.24) is 29.4 Å². The Morgan fingerprint density at radius 2 is 2.08 bits per heavy atom. The van der Waals surface area contributed by atoms with Gasteiger partial charge in [0.05, 0.1) is 18.3 Å². The number of aromatic nitrogens is 4. The second kappa shape index (κ2) is 6.39. The maximum atomic E-state index is 12.8. The fraction of sp³-hybridized carbons (Fsp3) is 0.588. The van der Waals surface area contributed by atoms with Gasteiger partial charge >= 0.3 is 0 Å². The van der Waals surface area contributed by atoms with Crippen LogP contribution >= 0.6 is 0 Å². The van der Waals surface area contributed by atoms with Crippen molar-refractivity contribution >= 4 is 5.91 Å². The molecular formula is C17H24N6O. The fourth-order valence-electron chi connectivity index (χ4n) is 3.81. The van der Waals surface area contributed by atoms with Gasteiger partial charge in [-0.3, -0.25) is 14.2 Å². The predicted molar refractivity (Wildman–Crippen MR) is 89.5 cm³/mol. The van der Waals surface area contributed by atoms with Crippen LogP contribution in [0.3, 0.4) is 0 Å². The van der Waals surface area contributed by atoms with E-state index in [4.69, 9.17) is 0 Å². The summed E-state index contributed by atoms with van der Waals surface area (Å²) in [5.41, 5.74) is 1.62. The topological polar surface area (TPSA) is 59.2 Å². The van der Waals surface area contributed by atoms with Crippen molar-refractivity contribution in [3.05, 3.63) is 35.9 Å². The highest BCUT2D eigenvalue weighted by Gasteiger charge is 2.31. The number of likely N-dealkylation sites (tertiary alicyclic amines) is 1. The van der Waals surface area contributed by atoms with E-state index in [0.29, 0.717) is 18.8 Å².